The Morgan fingerprint density at radius 3 is 1.61 bits per heavy atom. The molecule has 0 aliphatic heterocycles. The number of nitrogens with two attached hydrogens (primary N) is 2. The quantitative estimate of drug-likeness (QED) is 0.0271. The number of amides is 5. The Hall–Kier alpha value is -7.88. The summed E-state index contributed by atoms with van der Waals surface area (Å²) in [5.41, 5.74) is 15.8. The number of para-hydroxylation sites is 2. The second-order valence-electron chi connectivity index (χ2n) is 14.6. The molecule has 350 valence electrons. The summed E-state index contributed by atoms with van der Waals surface area (Å²) in [6, 6.07) is 23.2. The number of hydrogen-bond acceptors (Lipinski definition) is 14. The summed E-state index contributed by atoms with van der Waals surface area (Å²) in [5, 5.41) is 17.6. The number of methoxy groups -OCH3 is 2. The topological polar surface area (TPSA) is 267 Å². The Morgan fingerprint density at radius 2 is 1.13 bits per heavy atom. The number of ether oxygens (including phenoxy) is 3. The van der Waals surface area contributed by atoms with Crippen molar-refractivity contribution in [2.24, 2.45) is 16.5 Å². The molecule has 0 fully saturated rings. The van der Waals surface area contributed by atoms with Crippen molar-refractivity contribution < 1.29 is 38.2 Å². The SMILES string of the molecule is COc1ccccc1C(=O)c1cc(C)ccc1NC(=O)Nc1nc(CN=C(N)N)cs1.COc1ccccc1C(=O)c1cc(C)ccc1NC(=O)Nc1nc(CNC(=O)OCCN(C)C)cs1. The molecule has 0 spiro atoms. The van der Waals surface area contributed by atoms with Crippen LogP contribution in [0.2, 0.25) is 0 Å². The lowest BCUT2D eigenvalue weighted by atomic mass is 9.99. The van der Waals surface area contributed by atoms with E-state index in [1.54, 1.807) is 89.6 Å². The van der Waals surface area contributed by atoms with Gasteiger partial charge in [-0.05, 0) is 76.5 Å². The molecule has 0 aliphatic carbocycles. The van der Waals surface area contributed by atoms with Crippen LogP contribution < -0.4 is 47.5 Å². The van der Waals surface area contributed by atoms with Crippen LogP contribution >= 0.6 is 22.7 Å². The summed E-state index contributed by atoms with van der Waals surface area (Å²) in [6.07, 6.45) is -0.538. The van der Waals surface area contributed by atoms with E-state index in [2.05, 4.69) is 41.5 Å². The number of aliphatic imine (C=N–C) groups is 1. The van der Waals surface area contributed by atoms with Crippen molar-refractivity contribution in [1.29, 1.82) is 0 Å². The third-order valence-corrected chi connectivity index (χ3v) is 10.8. The van der Waals surface area contributed by atoms with E-state index in [0.29, 0.717) is 73.3 Å². The lowest BCUT2D eigenvalue weighted by Gasteiger charge is -2.13. The van der Waals surface area contributed by atoms with Crippen LogP contribution in [0, 0.1) is 13.8 Å². The van der Waals surface area contributed by atoms with Crippen molar-refractivity contribution in [1.82, 2.24) is 20.2 Å². The summed E-state index contributed by atoms with van der Waals surface area (Å²) < 4.78 is 15.7. The maximum Gasteiger partial charge on any atom is 0.407 e. The number of carbonyl (C=O) groups is 5. The van der Waals surface area contributed by atoms with Gasteiger partial charge in [0.2, 0.25) is 0 Å². The predicted molar refractivity (Wildman–Crippen MR) is 261 cm³/mol. The molecule has 2 heterocycles. The van der Waals surface area contributed by atoms with Crippen molar-refractivity contribution in [3.8, 4) is 11.5 Å². The van der Waals surface area contributed by atoms with Gasteiger partial charge in [0.1, 0.15) is 18.1 Å². The number of urea groups is 2. The molecule has 0 saturated carbocycles. The van der Waals surface area contributed by atoms with Gasteiger partial charge in [0, 0.05) is 28.4 Å². The minimum atomic E-state index is -0.551. The molecule has 21 heteroatoms. The van der Waals surface area contributed by atoms with Crippen LogP contribution in [-0.4, -0.2) is 92.0 Å². The molecule has 0 radical (unpaired) electrons. The zero-order valence-electron chi connectivity index (χ0n) is 37.6. The maximum atomic E-state index is 13.3. The van der Waals surface area contributed by atoms with Crippen LogP contribution in [0.25, 0.3) is 0 Å². The number of thiazole rings is 2. The molecule has 9 N–H and O–H groups in total. The van der Waals surface area contributed by atoms with Gasteiger partial charge in [-0.3, -0.25) is 20.2 Å². The number of nitrogens with zero attached hydrogens (tertiary/aromatic N) is 4. The zero-order chi connectivity index (χ0) is 48.5. The van der Waals surface area contributed by atoms with Crippen molar-refractivity contribution in [2.75, 3.05) is 62.7 Å². The molecule has 4 aromatic carbocycles. The lowest BCUT2D eigenvalue weighted by Crippen LogP contribution is -2.27. The lowest BCUT2D eigenvalue weighted by molar-refractivity contribution is 0.102. The van der Waals surface area contributed by atoms with Gasteiger partial charge < -0.3 is 46.5 Å². The molecule has 6 aromatic rings. The van der Waals surface area contributed by atoms with E-state index < -0.39 is 18.2 Å². The van der Waals surface area contributed by atoms with Gasteiger partial charge in [-0.1, -0.05) is 47.5 Å². The molecule has 6 rings (SSSR count). The molecule has 5 amide bonds. The fourth-order valence-electron chi connectivity index (χ4n) is 5.96. The molecule has 2 aromatic heterocycles. The van der Waals surface area contributed by atoms with Gasteiger partial charge in [0.05, 0.1) is 61.2 Å². The summed E-state index contributed by atoms with van der Waals surface area (Å²) in [4.78, 5) is 77.7. The van der Waals surface area contributed by atoms with E-state index in [1.807, 2.05) is 38.9 Å². The van der Waals surface area contributed by atoms with Crippen LogP contribution in [0.5, 0.6) is 11.5 Å². The van der Waals surface area contributed by atoms with Gasteiger partial charge in [-0.2, -0.15) is 0 Å². The summed E-state index contributed by atoms with van der Waals surface area (Å²) >= 11 is 2.45. The molecule has 19 nitrogen and oxygen atoms in total. The first-order valence-corrected chi connectivity index (χ1v) is 22.1. The highest BCUT2D eigenvalue weighted by Crippen LogP contribution is 2.28. The van der Waals surface area contributed by atoms with E-state index in [1.165, 1.54) is 36.9 Å². The predicted octanol–water partition coefficient (Wildman–Crippen LogP) is 7.23. The Balaban J connectivity index is 0.000000254. The first-order chi connectivity index (χ1) is 32.1. The Labute approximate surface area is 395 Å². The molecule has 0 unspecified atom stereocenters. The molecule has 0 aliphatic rings. The number of likely N-dealkylation sites (N-methyl/N-ethyl adjacent to an activating group) is 1. The maximum absolute atomic E-state index is 13.3. The van der Waals surface area contributed by atoms with E-state index in [-0.39, 0.29) is 37.2 Å². The smallest absolute Gasteiger partial charge is 0.407 e. The summed E-state index contributed by atoms with van der Waals surface area (Å²) in [6.45, 7) is 5.03. The minimum Gasteiger partial charge on any atom is -0.496 e. The van der Waals surface area contributed by atoms with Crippen LogP contribution in [0.1, 0.15) is 54.4 Å². The number of aromatic nitrogens is 2. The monoisotopic (exact) mass is 949 g/mol. The number of ketones is 2. The zero-order valence-corrected chi connectivity index (χ0v) is 39.2. The summed E-state index contributed by atoms with van der Waals surface area (Å²) in [5.74, 6) is 0.342. The highest BCUT2D eigenvalue weighted by molar-refractivity contribution is 7.14. The highest BCUT2D eigenvalue weighted by atomic mass is 32.1. The van der Waals surface area contributed by atoms with Gasteiger partial charge >= 0.3 is 18.2 Å². The number of benzene rings is 4. The largest absolute Gasteiger partial charge is 0.496 e. The van der Waals surface area contributed by atoms with E-state index in [9.17, 15) is 24.0 Å². The standard InChI is InChI=1S/C25H29N5O5S.C21H22N6O3S/c1-16-9-10-20(19(13-16)22(31)18-7-5-6-8-21(18)34-4)28-23(32)29-24-27-17(15-36-24)14-26-25(33)35-12-11-30(2)3;1-12-7-8-16(15(9-12)18(28)14-5-3-4-6-17(14)30-2)26-20(29)27-21-25-13(11-31-21)10-24-19(22)23/h5-10,13,15H,11-12,14H2,1-4H3,(H,26,33)(H2,27,28,29,32);3-9,11H,10H2,1-2H3,(H4,22,23,24)(H2,25,26,27,29). The number of rotatable bonds is 17. The van der Waals surface area contributed by atoms with Crippen molar-refractivity contribution in [2.45, 2.75) is 26.9 Å². The van der Waals surface area contributed by atoms with E-state index in [0.717, 1.165) is 11.1 Å². The first kappa shape index (κ1) is 50.1. The number of alkyl carbamates (subject to hydrolysis) is 1. The van der Waals surface area contributed by atoms with Crippen molar-refractivity contribution in [3.05, 3.63) is 140 Å². The summed E-state index contributed by atoms with van der Waals surface area (Å²) in [7, 11) is 6.78. The number of carbonyl (C=O) groups excluding carboxylic acids is 5. The number of aryl methyl sites for hydroxylation is 2. The second-order valence-corrected chi connectivity index (χ2v) is 16.4. The average molecular weight is 950 g/mol. The molecule has 0 atom stereocenters. The van der Waals surface area contributed by atoms with Crippen molar-refractivity contribution in [3.63, 3.8) is 0 Å². The van der Waals surface area contributed by atoms with Crippen LogP contribution in [0.3, 0.4) is 0 Å². The van der Waals surface area contributed by atoms with Gasteiger partial charge in [-0.15, -0.1) is 22.7 Å². The Morgan fingerprint density at radius 1 is 0.657 bits per heavy atom. The second kappa shape index (κ2) is 24.4. The number of nitrogens with one attached hydrogen (secondary N) is 5. The Bertz CT molecular complexity index is 2730. The molecule has 67 heavy (non-hydrogen) atoms. The van der Waals surface area contributed by atoms with Gasteiger partial charge in [-0.25, -0.2) is 29.3 Å². The number of guanidine groups is 1. The van der Waals surface area contributed by atoms with Crippen LogP contribution in [0.15, 0.2) is 101 Å². The molecule has 0 saturated heterocycles. The van der Waals surface area contributed by atoms with E-state index >= 15 is 0 Å². The van der Waals surface area contributed by atoms with Crippen LogP contribution in [0.4, 0.5) is 36.0 Å². The van der Waals surface area contributed by atoms with Crippen molar-refractivity contribution >= 4 is 80.0 Å². The Kier molecular flexibility index (Phi) is 18.3. The number of hydrogen-bond donors (Lipinski definition) is 7. The van der Waals surface area contributed by atoms with E-state index in [4.69, 9.17) is 25.7 Å². The molecule has 0 bridgehead atoms. The molecular formula is C46H51N11O8S2. The first-order valence-electron chi connectivity index (χ1n) is 20.4. The third-order valence-electron chi connectivity index (χ3n) is 9.19. The van der Waals surface area contributed by atoms with Gasteiger partial charge in [0.15, 0.2) is 27.8 Å². The normalized spacial score (nSPS) is 10.4. The third kappa shape index (κ3) is 15.1. The number of anilines is 4. The fourth-order valence-corrected chi connectivity index (χ4v) is 7.36. The van der Waals surface area contributed by atoms with Crippen LogP contribution in [-0.2, 0) is 17.8 Å². The molecular weight excluding hydrogens is 899 g/mol. The highest BCUT2D eigenvalue weighted by Gasteiger charge is 2.21. The fraction of sp³-hybridized carbons (Fsp3) is 0.217. The average Bonchev–Trinajstić information content (AvgIpc) is 3.97. The van der Waals surface area contributed by atoms with Gasteiger partial charge in [0.25, 0.3) is 0 Å². The minimum absolute atomic E-state index is 0.0353.